The summed E-state index contributed by atoms with van der Waals surface area (Å²) in [4.78, 5) is 10.3. The molecule has 70 valence electrons. The standard InChI is InChI=1S/C6H6ClF3O2/c1-3(11)12-4-2-5(8,9)6(4,7)10/h4H,2H2,1H3. The number of halogens is 4. The lowest BCUT2D eigenvalue weighted by Crippen LogP contribution is -2.62. The Balaban J connectivity index is 2.60. The highest BCUT2D eigenvalue weighted by Gasteiger charge is 2.71. The molecule has 0 heterocycles. The summed E-state index contributed by atoms with van der Waals surface area (Å²) in [5, 5.41) is -3.24. The van der Waals surface area contributed by atoms with E-state index in [1.54, 1.807) is 0 Å². The van der Waals surface area contributed by atoms with Crippen molar-refractivity contribution in [3.05, 3.63) is 0 Å². The molecule has 1 rings (SSSR count). The zero-order valence-electron chi connectivity index (χ0n) is 6.11. The SMILES string of the molecule is CC(=O)OC1CC(F)(F)C1(F)Cl. The van der Waals surface area contributed by atoms with Crippen molar-refractivity contribution in [2.75, 3.05) is 0 Å². The van der Waals surface area contributed by atoms with Crippen molar-refractivity contribution in [3.63, 3.8) is 0 Å². The molecule has 0 saturated heterocycles. The molecule has 6 heteroatoms. The van der Waals surface area contributed by atoms with Gasteiger partial charge in [-0.05, 0) is 0 Å². The van der Waals surface area contributed by atoms with Crippen molar-refractivity contribution in [1.29, 1.82) is 0 Å². The zero-order valence-corrected chi connectivity index (χ0v) is 6.87. The summed E-state index contributed by atoms with van der Waals surface area (Å²) in [6.07, 6.45) is -2.39. The number of hydrogen-bond acceptors (Lipinski definition) is 2. The first kappa shape index (κ1) is 9.64. The third kappa shape index (κ3) is 1.26. The molecule has 12 heavy (non-hydrogen) atoms. The van der Waals surface area contributed by atoms with E-state index in [0.29, 0.717) is 0 Å². The van der Waals surface area contributed by atoms with Gasteiger partial charge in [-0.15, -0.1) is 0 Å². The van der Waals surface area contributed by atoms with Crippen LogP contribution < -0.4 is 0 Å². The van der Waals surface area contributed by atoms with Crippen LogP contribution in [-0.2, 0) is 9.53 Å². The third-order valence-corrected chi connectivity index (χ3v) is 2.16. The smallest absolute Gasteiger partial charge is 0.303 e. The summed E-state index contributed by atoms with van der Waals surface area (Å²) < 4.78 is 41.6. The van der Waals surface area contributed by atoms with Crippen molar-refractivity contribution >= 4 is 17.6 Å². The Morgan fingerprint density at radius 3 is 2.33 bits per heavy atom. The quantitative estimate of drug-likeness (QED) is 0.479. The van der Waals surface area contributed by atoms with E-state index in [0.717, 1.165) is 6.92 Å². The van der Waals surface area contributed by atoms with Gasteiger partial charge in [-0.3, -0.25) is 4.79 Å². The van der Waals surface area contributed by atoms with E-state index in [4.69, 9.17) is 11.6 Å². The van der Waals surface area contributed by atoms with Crippen LogP contribution in [-0.4, -0.2) is 23.1 Å². The van der Waals surface area contributed by atoms with E-state index in [-0.39, 0.29) is 0 Å². The number of carbonyl (C=O) groups is 1. The molecule has 2 unspecified atom stereocenters. The van der Waals surface area contributed by atoms with E-state index >= 15 is 0 Å². The third-order valence-electron chi connectivity index (χ3n) is 1.64. The largest absolute Gasteiger partial charge is 0.457 e. The van der Waals surface area contributed by atoms with Gasteiger partial charge in [0.05, 0.1) is 6.42 Å². The van der Waals surface area contributed by atoms with Crippen molar-refractivity contribution in [2.24, 2.45) is 0 Å². The van der Waals surface area contributed by atoms with Crippen LogP contribution in [0.15, 0.2) is 0 Å². The van der Waals surface area contributed by atoms with Gasteiger partial charge >= 0.3 is 11.9 Å². The Labute approximate surface area is 71.6 Å². The van der Waals surface area contributed by atoms with Crippen LogP contribution in [0.1, 0.15) is 13.3 Å². The first-order valence-electron chi connectivity index (χ1n) is 3.20. The Kier molecular flexibility index (Phi) is 2.02. The molecule has 1 saturated carbocycles. The van der Waals surface area contributed by atoms with Gasteiger partial charge in [0, 0.05) is 6.92 Å². The van der Waals surface area contributed by atoms with E-state index in [2.05, 4.69) is 4.74 Å². The summed E-state index contributed by atoms with van der Waals surface area (Å²) in [6.45, 7) is 1.00. The van der Waals surface area contributed by atoms with Crippen molar-refractivity contribution in [2.45, 2.75) is 30.5 Å². The molecule has 0 aromatic heterocycles. The highest BCUT2D eigenvalue weighted by atomic mass is 35.5. The second-order valence-electron chi connectivity index (χ2n) is 2.63. The number of carbonyl (C=O) groups excluding carboxylic acids is 1. The monoisotopic (exact) mass is 202 g/mol. The van der Waals surface area contributed by atoms with Crippen molar-refractivity contribution in [3.8, 4) is 0 Å². The minimum absolute atomic E-state index is 0.821. The van der Waals surface area contributed by atoms with Gasteiger partial charge < -0.3 is 4.74 Å². The number of rotatable bonds is 1. The van der Waals surface area contributed by atoms with Crippen LogP contribution in [0.25, 0.3) is 0 Å². The van der Waals surface area contributed by atoms with E-state index in [9.17, 15) is 18.0 Å². The molecule has 0 bridgehead atoms. The van der Waals surface area contributed by atoms with Crippen LogP contribution in [0.3, 0.4) is 0 Å². The Morgan fingerprint density at radius 1 is 1.58 bits per heavy atom. The summed E-state index contributed by atoms with van der Waals surface area (Å²) in [6, 6.07) is 0. The maximum absolute atomic E-state index is 12.7. The Hall–Kier alpha value is -0.450. The maximum Gasteiger partial charge on any atom is 0.303 e. The molecule has 0 aliphatic heterocycles. The Morgan fingerprint density at radius 2 is 2.08 bits per heavy atom. The second kappa shape index (κ2) is 2.52. The first-order valence-corrected chi connectivity index (χ1v) is 3.58. The summed E-state index contributed by atoms with van der Waals surface area (Å²) in [5.41, 5.74) is 0. The molecule has 0 N–H and O–H groups in total. The van der Waals surface area contributed by atoms with Gasteiger partial charge in [0.15, 0.2) is 6.10 Å². The van der Waals surface area contributed by atoms with Gasteiger partial charge in [0.2, 0.25) is 0 Å². The van der Waals surface area contributed by atoms with Crippen LogP contribution in [0.4, 0.5) is 13.2 Å². The number of hydrogen-bond donors (Lipinski definition) is 0. The lowest BCUT2D eigenvalue weighted by atomic mass is 9.87. The highest BCUT2D eigenvalue weighted by molar-refractivity contribution is 6.24. The fourth-order valence-electron chi connectivity index (χ4n) is 0.918. The summed E-state index contributed by atoms with van der Waals surface area (Å²) in [7, 11) is 0. The highest BCUT2D eigenvalue weighted by Crippen LogP contribution is 2.54. The topological polar surface area (TPSA) is 26.3 Å². The average Bonchev–Trinajstić information content (AvgIpc) is 1.85. The van der Waals surface area contributed by atoms with E-state index < -0.39 is 29.5 Å². The van der Waals surface area contributed by atoms with Crippen LogP contribution in [0.5, 0.6) is 0 Å². The molecule has 0 radical (unpaired) electrons. The first-order chi connectivity index (χ1) is 5.27. The zero-order chi connectivity index (χ0) is 9.57. The van der Waals surface area contributed by atoms with Gasteiger partial charge in [-0.2, -0.15) is 0 Å². The lowest BCUT2D eigenvalue weighted by Gasteiger charge is -2.43. The molecule has 0 spiro atoms. The molecule has 1 aliphatic rings. The molecule has 1 aliphatic carbocycles. The molecule has 2 atom stereocenters. The number of alkyl halides is 4. The molecule has 0 amide bonds. The van der Waals surface area contributed by atoms with Gasteiger partial charge in [0.1, 0.15) is 0 Å². The molecular formula is C6H6ClF3O2. The average molecular weight is 203 g/mol. The van der Waals surface area contributed by atoms with Crippen LogP contribution >= 0.6 is 11.6 Å². The maximum atomic E-state index is 12.7. The molecule has 1 fully saturated rings. The number of esters is 1. The fraction of sp³-hybridized carbons (Fsp3) is 0.833. The fourth-order valence-corrected chi connectivity index (χ4v) is 1.12. The summed E-state index contributed by atoms with van der Waals surface area (Å²) in [5.74, 6) is -4.42. The second-order valence-corrected chi connectivity index (χ2v) is 3.18. The molecule has 0 aromatic rings. The molecular weight excluding hydrogens is 197 g/mol. The minimum Gasteiger partial charge on any atom is -0.457 e. The minimum atomic E-state index is -3.60. The molecule has 2 nitrogen and oxygen atoms in total. The van der Waals surface area contributed by atoms with E-state index in [1.165, 1.54) is 0 Å². The lowest BCUT2D eigenvalue weighted by molar-refractivity contribution is -0.242. The van der Waals surface area contributed by atoms with E-state index in [1.807, 2.05) is 0 Å². The van der Waals surface area contributed by atoms with Gasteiger partial charge in [-0.25, -0.2) is 13.2 Å². The number of ether oxygens (including phenoxy) is 1. The molecule has 0 aromatic carbocycles. The predicted molar refractivity (Wildman–Crippen MR) is 34.8 cm³/mol. The summed E-state index contributed by atoms with van der Waals surface area (Å²) >= 11 is 4.81. The van der Waals surface area contributed by atoms with Gasteiger partial charge in [0.25, 0.3) is 5.13 Å². The van der Waals surface area contributed by atoms with Crippen LogP contribution in [0, 0.1) is 0 Å². The predicted octanol–water partition coefficient (Wildman–Crippen LogP) is 1.86. The van der Waals surface area contributed by atoms with Crippen molar-refractivity contribution in [1.82, 2.24) is 0 Å². The van der Waals surface area contributed by atoms with Crippen molar-refractivity contribution < 1.29 is 22.7 Å². The normalized spacial score (nSPS) is 38.6. The Bertz CT molecular complexity index is 217. The van der Waals surface area contributed by atoms with Gasteiger partial charge in [-0.1, -0.05) is 11.6 Å². The van der Waals surface area contributed by atoms with Crippen LogP contribution in [0.2, 0.25) is 0 Å².